The van der Waals surface area contributed by atoms with E-state index in [0.717, 1.165) is 5.56 Å². The first kappa shape index (κ1) is 16.3. The number of halogens is 2. The summed E-state index contributed by atoms with van der Waals surface area (Å²) in [6.45, 7) is 3.62. The molecule has 0 spiro atoms. The summed E-state index contributed by atoms with van der Waals surface area (Å²) in [6, 6.07) is 3.28. The van der Waals surface area contributed by atoms with Gasteiger partial charge < -0.3 is 5.73 Å². The third-order valence-corrected chi connectivity index (χ3v) is 5.39. The molecule has 2 aromatic rings. The van der Waals surface area contributed by atoms with Crippen LogP contribution in [0.25, 0.3) is 0 Å². The SMILES string of the molecule is Cc1cc(Br)c(NS(=O)(=O)c2n[nH]c(C)c2CN)cc1Cl. The van der Waals surface area contributed by atoms with Gasteiger partial charge in [-0.1, -0.05) is 11.6 Å². The summed E-state index contributed by atoms with van der Waals surface area (Å²) in [5.41, 5.74) is 7.84. The van der Waals surface area contributed by atoms with E-state index < -0.39 is 10.0 Å². The van der Waals surface area contributed by atoms with Gasteiger partial charge in [-0.2, -0.15) is 13.5 Å². The second kappa shape index (κ2) is 5.96. The highest BCUT2D eigenvalue weighted by Gasteiger charge is 2.24. The van der Waals surface area contributed by atoms with Gasteiger partial charge >= 0.3 is 0 Å². The molecule has 114 valence electrons. The zero-order chi connectivity index (χ0) is 15.8. The molecule has 4 N–H and O–H groups in total. The number of nitrogens with zero attached hydrogens (tertiary/aromatic N) is 1. The van der Waals surface area contributed by atoms with Gasteiger partial charge in [0.1, 0.15) is 0 Å². The summed E-state index contributed by atoms with van der Waals surface area (Å²) in [7, 11) is -3.85. The maximum Gasteiger partial charge on any atom is 0.281 e. The van der Waals surface area contributed by atoms with Gasteiger partial charge in [0.15, 0.2) is 0 Å². The number of anilines is 1. The van der Waals surface area contributed by atoms with Crippen LogP contribution in [0.2, 0.25) is 5.02 Å². The molecule has 0 amide bonds. The van der Waals surface area contributed by atoms with E-state index in [1.807, 2.05) is 6.92 Å². The number of sulfonamides is 1. The molecule has 9 heteroatoms. The largest absolute Gasteiger partial charge is 0.326 e. The standard InChI is InChI=1S/C12H14BrClN4O2S/c1-6-3-9(13)11(4-10(6)14)18-21(19,20)12-8(5-15)7(2)16-17-12/h3-4,18H,5,15H2,1-2H3,(H,16,17). The van der Waals surface area contributed by atoms with E-state index in [2.05, 4.69) is 30.8 Å². The summed E-state index contributed by atoms with van der Waals surface area (Å²) in [4.78, 5) is 0. The third kappa shape index (κ3) is 3.23. The second-order valence-electron chi connectivity index (χ2n) is 4.52. The number of hydrogen-bond acceptors (Lipinski definition) is 4. The number of H-pyrrole nitrogens is 1. The number of nitrogens with two attached hydrogens (primary N) is 1. The minimum Gasteiger partial charge on any atom is -0.326 e. The van der Waals surface area contributed by atoms with Crippen LogP contribution in [0.3, 0.4) is 0 Å². The average molecular weight is 394 g/mol. The molecule has 0 radical (unpaired) electrons. The van der Waals surface area contributed by atoms with Crippen LogP contribution < -0.4 is 10.5 Å². The molecule has 0 aliphatic rings. The highest BCUT2D eigenvalue weighted by molar-refractivity contribution is 9.10. The number of nitrogens with one attached hydrogen (secondary N) is 2. The Morgan fingerprint density at radius 2 is 2.10 bits per heavy atom. The number of aromatic nitrogens is 2. The molecule has 1 aromatic heterocycles. The van der Waals surface area contributed by atoms with Gasteiger partial charge in [0.2, 0.25) is 5.03 Å². The first-order valence-corrected chi connectivity index (χ1v) is 8.64. The molecule has 0 saturated heterocycles. The van der Waals surface area contributed by atoms with Crippen molar-refractivity contribution in [3.8, 4) is 0 Å². The lowest BCUT2D eigenvalue weighted by atomic mass is 10.2. The van der Waals surface area contributed by atoms with Crippen molar-refractivity contribution in [3.05, 3.63) is 38.4 Å². The molecule has 1 aromatic carbocycles. The Bertz CT molecular complexity index is 789. The van der Waals surface area contributed by atoms with Crippen LogP contribution >= 0.6 is 27.5 Å². The highest BCUT2D eigenvalue weighted by Crippen LogP contribution is 2.31. The van der Waals surface area contributed by atoms with Gasteiger partial charge in [-0.15, -0.1) is 0 Å². The van der Waals surface area contributed by atoms with Crippen LogP contribution in [0.5, 0.6) is 0 Å². The predicted molar refractivity (Wildman–Crippen MR) is 85.9 cm³/mol. The molecular weight excluding hydrogens is 380 g/mol. The van der Waals surface area contributed by atoms with Gasteiger partial charge in [0.05, 0.1) is 5.69 Å². The molecule has 0 atom stereocenters. The molecular formula is C12H14BrClN4O2S. The van der Waals surface area contributed by atoms with E-state index >= 15 is 0 Å². The van der Waals surface area contributed by atoms with Gasteiger partial charge in [0, 0.05) is 27.3 Å². The van der Waals surface area contributed by atoms with E-state index in [9.17, 15) is 8.42 Å². The third-order valence-electron chi connectivity index (χ3n) is 2.99. The fraction of sp³-hybridized carbons (Fsp3) is 0.250. The molecule has 0 aliphatic carbocycles. The van der Waals surface area contributed by atoms with E-state index in [0.29, 0.717) is 26.4 Å². The Morgan fingerprint density at radius 3 is 2.71 bits per heavy atom. The first-order valence-electron chi connectivity index (χ1n) is 5.98. The lowest BCUT2D eigenvalue weighted by molar-refractivity contribution is 0.596. The van der Waals surface area contributed by atoms with Crippen LogP contribution in [-0.2, 0) is 16.6 Å². The highest BCUT2D eigenvalue weighted by atomic mass is 79.9. The Balaban J connectivity index is 2.45. The smallest absolute Gasteiger partial charge is 0.281 e. The molecule has 0 saturated carbocycles. The van der Waals surface area contributed by atoms with E-state index in [-0.39, 0.29) is 11.6 Å². The van der Waals surface area contributed by atoms with Crippen molar-refractivity contribution in [3.63, 3.8) is 0 Å². The molecule has 21 heavy (non-hydrogen) atoms. The number of aromatic amines is 1. The molecule has 0 unspecified atom stereocenters. The average Bonchev–Trinajstić information content (AvgIpc) is 2.77. The van der Waals surface area contributed by atoms with Crippen LogP contribution in [0.15, 0.2) is 21.6 Å². The lowest BCUT2D eigenvalue weighted by Crippen LogP contribution is -2.17. The maximum absolute atomic E-state index is 12.4. The van der Waals surface area contributed by atoms with Crippen LogP contribution in [-0.4, -0.2) is 18.6 Å². The molecule has 0 fully saturated rings. The fourth-order valence-corrected chi connectivity index (χ4v) is 3.94. The number of hydrogen-bond donors (Lipinski definition) is 3. The second-order valence-corrected chi connectivity index (χ2v) is 7.38. The molecule has 0 aliphatic heterocycles. The summed E-state index contributed by atoms with van der Waals surface area (Å²) in [6.07, 6.45) is 0. The monoisotopic (exact) mass is 392 g/mol. The van der Waals surface area contributed by atoms with Crippen molar-refractivity contribution in [1.29, 1.82) is 0 Å². The maximum atomic E-state index is 12.4. The van der Waals surface area contributed by atoms with E-state index in [4.69, 9.17) is 17.3 Å². The van der Waals surface area contributed by atoms with Crippen molar-refractivity contribution < 1.29 is 8.42 Å². The van der Waals surface area contributed by atoms with Crippen molar-refractivity contribution in [2.45, 2.75) is 25.4 Å². The van der Waals surface area contributed by atoms with Crippen molar-refractivity contribution in [1.82, 2.24) is 10.2 Å². The summed E-state index contributed by atoms with van der Waals surface area (Å²) >= 11 is 9.33. The molecule has 2 rings (SSSR count). The van der Waals surface area contributed by atoms with Gasteiger partial charge in [0.25, 0.3) is 10.0 Å². The minimum atomic E-state index is -3.85. The predicted octanol–water partition coefficient (Wildman–Crippen LogP) is 2.70. The molecule has 6 nitrogen and oxygen atoms in total. The quantitative estimate of drug-likeness (QED) is 0.743. The van der Waals surface area contributed by atoms with Gasteiger partial charge in [-0.25, -0.2) is 0 Å². The zero-order valence-electron chi connectivity index (χ0n) is 11.4. The van der Waals surface area contributed by atoms with Gasteiger partial charge in [-0.05, 0) is 47.5 Å². The van der Waals surface area contributed by atoms with Crippen LogP contribution in [0.1, 0.15) is 16.8 Å². The Morgan fingerprint density at radius 1 is 1.43 bits per heavy atom. The Labute approximate surface area is 136 Å². The number of benzene rings is 1. The van der Waals surface area contributed by atoms with E-state index in [1.165, 1.54) is 0 Å². The van der Waals surface area contributed by atoms with E-state index in [1.54, 1.807) is 19.1 Å². The van der Waals surface area contributed by atoms with Crippen molar-refractivity contribution >= 4 is 43.2 Å². The van der Waals surface area contributed by atoms with Crippen LogP contribution in [0.4, 0.5) is 5.69 Å². The summed E-state index contributed by atoms with van der Waals surface area (Å²) < 4.78 is 27.9. The number of rotatable bonds is 4. The van der Waals surface area contributed by atoms with Gasteiger partial charge in [-0.3, -0.25) is 9.82 Å². The molecule has 0 bridgehead atoms. The molecule has 1 heterocycles. The normalized spacial score (nSPS) is 11.7. The fourth-order valence-electron chi connectivity index (χ4n) is 1.81. The minimum absolute atomic E-state index is 0.0778. The van der Waals surface area contributed by atoms with Crippen molar-refractivity contribution in [2.75, 3.05) is 4.72 Å². The Kier molecular flexibility index (Phi) is 4.62. The Hall–Kier alpha value is -1.09. The zero-order valence-corrected chi connectivity index (χ0v) is 14.5. The first-order chi connectivity index (χ1) is 9.76. The summed E-state index contributed by atoms with van der Waals surface area (Å²) in [5.74, 6) is 0. The number of aryl methyl sites for hydroxylation is 2. The van der Waals surface area contributed by atoms with Crippen molar-refractivity contribution in [2.24, 2.45) is 5.73 Å². The summed E-state index contributed by atoms with van der Waals surface area (Å²) in [5, 5.41) is 6.81. The topological polar surface area (TPSA) is 101 Å². The van der Waals surface area contributed by atoms with Crippen LogP contribution in [0, 0.1) is 13.8 Å². The lowest BCUT2D eigenvalue weighted by Gasteiger charge is -2.11.